The lowest BCUT2D eigenvalue weighted by atomic mass is 9.97. The van der Waals surface area contributed by atoms with Gasteiger partial charge in [0.15, 0.2) is 0 Å². The highest BCUT2D eigenvalue weighted by Crippen LogP contribution is 2.21. The monoisotopic (exact) mass is 229 g/mol. The molecule has 1 atom stereocenters. The second-order valence-corrected chi connectivity index (χ2v) is 4.13. The largest absolute Gasteiger partial charge is 0.320 e. The summed E-state index contributed by atoms with van der Waals surface area (Å²) >= 11 is 0. The minimum absolute atomic E-state index is 0.246. The number of rotatable bonds is 3. The van der Waals surface area contributed by atoms with Gasteiger partial charge < -0.3 is 5.73 Å². The van der Waals surface area contributed by atoms with Crippen LogP contribution >= 0.6 is 0 Å². The summed E-state index contributed by atoms with van der Waals surface area (Å²) < 4.78 is 13.1. The molecule has 1 unspecified atom stereocenters. The van der Waals surface area contributed by atoms with Gasteiger partial charge in [-0.1, -0.05) is 43.3 Å². The zero-order valence-corrected chi connectivity index (χ0v) is 9.86. The third-order valence-electron chi connectivity index (χ3n) is 2.93. The van der Waals surface area contributed by atoms with Crippen LogP contribution in [0.25, 0.3) is 0 Å². The van der Waals surface area contributed by atoms with Gasteiger partial charge in [0.1, 0.15) is 5.82 Å². The molecule has 0 aliphatic rings. The summed E-state index contributed by atoms with van der Waals surface area (Å²) in [5.41, 5.74) is 9.21. The second kappa shape index (κ2) is 5.11. The van der Waals surface area contributed by atoms with E-state index in [0.717, 1.165) is 17.5 Å². The molecule has 17 heavy (non-hydrogen) atoms. The zero-order chi connectivity index (χ0) is 12.3. The summed E-state index contributed by atoms with van der Waals surface area (Å²) in [6.07, 6.45) is 0.976. The summed E-state index contributed by atoms with van der Waals surface area (Å²) in [6.45, 7) is 2.10. The van der Waals surface area contributed by atoms with Crippen molar-refractivity contribution in [2.45, 2.75) is 19.4 Å². The summed E-state index contributed by atoms with van der Waals surface area (Å²) in [5.74, 6) is -0.246. The maximum atomic E-state index is 13.1. The molecule has 0 fully saturated rings. The van der Waals surface area contributed by atoms with Crippen LogP contribution in [0.1, 0.15) is 29.7 Å². The van der Waals surface area contributed by atoms with E-state index >= 15 is 0 Å². The lowest BCUT2D eigenvalue weighted by Gasteiger charge is -2.13. The van der Waals surface area contributed by atoms with Crippen LogP contribution in [0.4, 0.5) is 4.39 Å². The number of hydrogen-bond acceptors (Lipinski definition) is 1. The highest BCUT2D eigenvalue weighted by molar-refractivity contribution is 5.34. The first kappa shape index (κ1) is 11.8. The number of benzene rings is 2. The van der Waals surface area contributed by atoms with Gasteiger partial charge in [-0.15, -0.1) is 0 Å². The molecule has 2 N–H and O–H groups in total. The number of nitrogens with two attached hydrogens (primary N) is 1. The van der Waals surface area contributed by atoms with E-state index in [0.29, 0.717) is 0 Å². The first-order valence-electron chi connectivity index (χ1n) is 5.80. The Hall–Kier alpha value is -1.67. The first-order valence-corrected chi connectivity index (χ1v) is 5.80. The molecule has 88 valence electrons. The Labute approximate surface area is 101 Å². The fourth-order valence-electron chi connectivity index (χ4n) is 1.90. The number of halogens is 1. The van der Waals surface area contributed by atoms with Crippen LogP contribution in [-0.4, -0.2) is 0 Å². The van der Waals surface area contributed by atoms with E-state index < -0.39 is 0 Å². The molecule has 0 saturated carbocycles. The Balaban J connectivity index is 2.33. The molecule has 2 aromatic carbocycles. The first-order chi connectivity index (χ1) is 8.20. The zero-order valence-electron chi connectivity index (χ0n) is 9.86. The predicted octanol–water partition coefficient (Wildman–Crippen LogP) is 3.44. The van der Waals surface area contributed by atoms with E-state index in [2.05, 4.69) is 19.1 Å². The Morgan fingerprint density at radius 2 is 1.71 bits per heavy atom. The van der Waals surface area contributed by atoms with Crippen molar-refractivity contribution in [3.63, 3.8) is 0 Å². The van der Waals surface area contributed by atoms with Gasteiger partial charge in [0.2, 0.25) is 0 Å². The summed E-state index contributed by atoms with van der Waals surface area (Å²) in [4.78, 5) is 0. The van der Waals surface area contributed by atoms with Crippen molar-refractivity contribution in [2.24, 2.45) is 5.73 Å². The normalized spacial score (nSPS) is 12.4. The molecule has 0 aliphatic carbocycles. The lowest BCUT2D eigenvalue weighted by molar-refractivity contribution is 0.623. The predicted molar refractivity (Wildman–Crippen MR) is 68.3 cm³/mol. The third-order valence-corrected chi connectivity index (χ3v) is 2.93. The van der Waals surface area contributed by atoms with Gasteiger partial charge in [0, 0.05) is 0 Å². The fourth-order valence-corrected chi connectivity index (χ4v) is 1.90. The maximum absolute atomic E-state index is 13.1. The van der Waals surface area contributed by atoms with Crippen molar-refractivity contribution < 1.29 is 4.39 Å². The van der Waals surface area contributed by atoms with Crippen LogP contribution in [-0.2, 0) is 6.42 Å². The van der Waals surface area contributed by atoms with Crippen LogP contribution in [0.15, 0.2) is 48.5 Å². The third kappa shape index (κ3) is 2.71. The molecule has 0 amide bonds. The van der Waals surface area contributed by atoms with E-state index in [9.17, 15) is 4.39 Å². The van der Waals surface area contributed by atoms with Crippen molar-refractivity contribution in [3.05, 3.63) is 71.0 Å². The highest BCUT2D eigenvalue weighted by Gasteiger charge is 2.09. The lowest BCUT2D eigenvalue weighted by Crippen LogP contribution is -2.12. The van der Waals surface area contributed by atoms with Crippen LogP contribution in [0.2, 0.25) is 0 Å². The van der Waals surface area contributed by atoms with Crippen molar-refractivity contribution in [2.75, 3.05) is 0 Å². The minimum Gasteiger partial charge on any atom is -0.320 e. The number of aryl methyl sites for hydroxylation is 1. The maximum Gasteiger partial charge on any atom is 0.123 e. The molecule has 2 heteroatoms. The molecule has 0 saturated heterocycles. The molecule has 0 heterocycles. The molecule has 2 rings (SSSR count). The average molecular weight is 229 g/mol. The standard InChI is InChI=1S/C15H16FN/c1-2-11-5-3-6-12(9-11)15(17)13-7-4-8-14(16)10-13/h3-10,15H,2,17H2,1H3. The molecule has 0 spiro atoms. The molecular formula is C15H16FN. The summed E-state index contributed by atoms with van der Waals surface area (Å²) in [6, 6.07) is 14.3. The van der Waals surface area contributed by atoms with Gasteiger partial charge in [0.05, 0.1) is 6.04 Å². The van der Waals surface area contributed by atoms with Crippen molar-refractivity contribution in [1.29, 1.82) is 0 Å². The molecule has 0 aliphatic heterocycles. The Bertz CT molecular complexity index is 508. The van der Waals surface area contributed by atoms with Crippen molar-refractivity contribution in [1.82, 2.24) is 0 Å². The molecule has 0 bridgehead atoms. The van der Waals surface area contributed by atoms with E-state index in [1.165, 1.54) is 17.7 Å². The second-order valence-electron chi connectivity index (χ2n) is 4.13. The van der Waals surface area contributed by atoms with Gasteiger partial charge in [-0.05, 0) is 35.2 Å². The van der Waals surface area contributed by atoms with E-state index in [4.69, 9.17) is 5.73 Å². The minimum atomic E-state index is -0.266. The summed E-state index contributed by atoms with van der Waals surface area (Å²) in [5, 5.41) is 0. The quantitative estimate of drug-likeness (QED) is 0.857. The highest BCUT2D eigenvalue weighted by atomic mass is 19.1. The SMILES string of the molecule is CCc1cccc(C(N)c2cccc(F)c2)c1. The van der Waals surface area contributed by atoms with Crippen LogP contribution in [0.5, 0.6) is 0 Å². The molecule has 0 radical (unpaired) electrons. The van der Waals surface area contributed by atoms with Crippen molar-refractivity contribution in [3.8, 4) is 0 Å². The smallest absolute Gasteiger partial charge is 0.123 e. The Kier molecular flexibility index (Phi) is 3.55. The van der Waals surface area contributed by atoms with Gasteiger partial charge in [0.25, 0.3) is 0 Å². The van der Waals surface area contributed by atoms with Gasteiger partial charge in [-0.3, -0.25) is 0 Å². The van der Waals surface area contributed by atoms with E-state index in [-0.39, 0.29) is 11.9 Å². The Morgan fingerprint density at radius 3 is 2.35 bits per heavy atom. The Morgan fingerprint density at radius 1 is 1.06 bits per heavy atom. The average Bonchev–Trinajstić information content (AvgIpc) is 2.38. The van der Waals surface area contributed by atoms with Crippen LogP contribution < -0.4 is 5.73 Å². The molecular weight excluding hydrogens is 213 g/mol. The van der Waals surface area contributed by atoms with Crippen LogP contribution in [0.3, 0.4) is 0 Å². The van der Waals surface area contributed by atoms with E-state index in [1.54, 1.807) is 6.07 Å². The van der Waals surface area contributed by atoms with Gasteiger partial charge in [-0.2, -0.15) is 0 Å². The molecule has 1 nitrogen and oxygen atoms in total. The van der Waals surface area contributed by atoms with Crippen LogP contribution in [0, 0.1) is 5.82 Å². The summed E-state index contributed by atoms with van der Waals surface area (Å²) in [7, 11) is 0. The molecule has 0 aromatic heterocycles. The molecule has 2 aromatic rings. The number of hydrogen-bond donors (Lipinski definition) is 1. The van der Waals surface area contributed by atoms with Crippen molar-refractivity contribution >= 4 is 0 Å². The van der Waals surface area contributed by atoms with Gasteiger partial charge in [-0.25, -0.2) is 4.39 Å². The fraction of sp³-hybridized carbons (Fsp3) is 0.200. The topological polar surface area (TPSA) is 26.0 Å². The van der Waals surface area contributed by atoms with Gasteiger partial charge >= 0.3 is 0 Å². The van der Waals surface area contributed by atoms with E-state index in [1.807, 2.05) is 18.2 Å².